The van der Waals surface area contributed by atoms with E-state index in [4.69, 9.17) is 5.73 Å². The summed E-state index contributed by atoms with van der Waals surface area (Å²) in [5.74, 6) is 0.557. The van der Waals surface area contributed by atoms with Gasteiger partial charge in [0, 0.05) is 44.0 Å². The highest BCUT2D eigenvalue weighted by Crippen LogP contribution is 2.08. The van der Waals surface area contributed by atoms with Gasteiger partial charge < -0.3 is 16.4 Å². The zero-order valence-corrected chi connectivity index (χ0v) is 8.82. The van der Waals surface area contributed by atoms with E-state index in [9.17, 15) is 0 Å². The van der Waals surface area contributed by atoms with Crippen LogP contribution in [0.2, 0.25) is 0 Å². The minimum atomic E-state index is 0.496. The van der Waals surface area contributed by atoms with Crippen LogP contribution in [-0.4, -0.2) is 30.7 Å². The predicted molar refractivity (Wildman–Crippen MR) is 60.3 cm³/mol. The van der Waals surface area contributed by atoms with Crippen molar-refractivity contribution in [2.75, 3.05) is 19.6 Å². The van der Waals surface area contributed by atoms with Crippen LogP contribution in [-0.2, 0) is 6.54 Å². The van der Waals surface area contributed by atoms with Crippen LogP contribution in [0.4, 0.5) is 0 Å². The first-order chi connectivity index (χ1) is 7.40. The van der Waals surface area contributed by atoms with E-state index in [0.717, 1.165) is 26.2 Å². The van der Waals surface area contributed by atoms with Crippen molar-refractivity contribution in [2.24, 2.45) is 11.7 Å². The second-order valence-electron chi connectivity index (χ2n) is 4.00. The quantitative estimate of drug-likeness (QED) is 0.634. The Balaban J connectivity index is 1.83. The van der Waals surface area contributed by atoms with E-state index in [1.807, 2.05) is 12.3 Å². The SMILES string of the molecule is NCC1CNCC1NCc1cccnc1. The number of nitrogens with one attached hydrogen (secondary N) is 2. The van der Waals surface area contributed by atoms with Gasteiger partial charge in [0.2, 0.25) is 0 Å². The molecule has 1 aliphatic heterocycles. The molecule has 0 saturated carbocycles. The lowest BCUT2D eigenvalue weighted by atomic mass is 10.0. The van der Waals surface area contributed by atoms with Gasteiger partial charge in [-0.3, -0.25) is 4.98 Å². The van der Waals surface area contributed by atoms with E-state index >= 15 is 0 Å². The number of rotatable bonds is 4. The van der Waals surface area contributed by atoms with Crippen molar-refractivity contribution < 1.29 is 0 Å². The maximum absolute atomic E-state index is 5.70. The highest BCUT2D eigenvalue weighted by Gasteiger charge is 2.24. The summed E-state index contributed by atoms with van der Waals surface area (Å²) in [5.41, 5.74) is 6.92. The average Bonchev–Trinajstić information content (AvgIpc) is 2.75. The van der Waals surface area contributed by atoms with Gasteiger partial charge in [-0.1, -0.05) is 6.07 Å². The molecule has 0 spiro atoms. The summed E-state index contributed by atoms with van der Waals surface area (Å²) < 4.78 is 0. The Morgan fingerprint density at radius 1 is 1.53 bits per heavy atom. The minimum absolute atomic E-state index is 0.496. The van der Waals surface area contributed by atoms with Crippen molar-refractivity contribution in [2.45, 2.75) is 12.6 Å². The summed E-state index contributed by atoms with van der Waals surface area (Å²) >= 11 is 0. The Kier molecular flexibility index (Phi) is 3.66. The van der Waals surface area contributed by atoms with E-state index in [1.165, 1.54) is 5.56 Å². The summed E-state index contributed by atoms with van der Waals surface area (Å²) in [6.45, 7) is 3.66. The number of nitrogens with two attached hydrogens (primary N) is 1. The second kappa shape index (κ2) is 5.21. The smallest absolute Gasteiger partial charge is 0.0312 e. The van der Waals surface area contributed by atoms with E-state index in [1.54, 1.807) is 6.20 Å². The van der Waals surface area contributed by atoms with Crippen LogP contribution in [0.5, 0.6) is 0 Å². The number of hydrogen-bond acceptors (Lipinski definition) is 4. The summed E-state index contributed by atoms with van der Waals surface area (Å²) in [6, 6.07) is 4.54. The molecule has 0 radical (unpaired) electrons. The van der Waals surface area contributed by atoms with Crippen molar-refractivity contribution in [1.29, 1.82) is 0 Å². The Morgan fingerprint density at radius 2 is 2.47 bits per heavy atom. The molecule has 82 valence electrons. The Labute approximate surface area is 90.3 Å². The van der Waals surface area contributed by atoms with Gasteiger partial charge >= 0.3 is 0 Å². The predicted octanol–water partition coefficient (Wildman–Crippen LogP) is -0.282. The highest BCUT2D eigenvalue weighted by molar-refractivity contribution is 5.08. The third-order valence-electron chi connectivity index (χ3n) is 2.93. The molecule has 0 amide bonds. The third kappa shape index (κ3) is 2.75. The van der Waals surface area contributed by atoms with Gasteiger partial charge in [0.1, 0.15) is 0 Å². The molecule has 15 heavy (non-hydrogen) atoms. The molecule has 0 bridgehead atoms. The fourth-order valence-corrected chi connectivity index (χ4v) is 1.97. The molecule has 0 aliphatic carbocycles. The molecular formula is C11H18N4. The second-order valence-corrected chi connectivity index (χ2v) is 4.00. The largest absolute Gasteiger partial charge is 0.330 e. The van der Waals surface area contributed by atoms with E-state index in [0.29, 0.717) is 12.0 Å². The van der Waals surface area contributed by atoms with Gasteiger partial charge in [-0.15, -0.1) is 0 Å². The van der Waals surface area contributed by atoms with Crippen LogP contribution in [0.1, 0.15) is 5.56 Å². The first kappa shape index (κ1) is 10.5. The molecule has 0 aromatic carbocycles. The molecule has 1 aromatic rings. The summed E-state index contributed by atoms with van der Waals surface area (Å²) in [7, 11) is 0. The third-order valence-corrected chi connectivity index (χ3v) is 2.93. The minimum Gasteiger partial charge on any atom is -0.330 e. The molecule has 2 unspecified atom stereocenters. The lowest BCUT2D eigenvalue weighted by Crippen LogP contribution is -2.38. The van der Waals surface area contributed by atoms with Crippen molar-refractivity contribution >= 4 is 0 Å². The van der Waals surface area contributed by atoms with E-state index < -0.39 is 0 Å². The number of nitrogens with zero attached hydrogens (tertiary/aromatic N) is 1. The van der Waals surface area contributed by atoms with Crippen LogP contribution in [0.3, 0.4) is 0 Å². The van der Waals surface area contributed by atoms with E-state index in [-0.39, 0.29) is 0 Å². The maximum Gasteiger partial charge on any atom is 0.0312 e. The maximum atomic E-state index is 5.70. The molecule has 2 atom stereocenters. The topological polar surface area (TPSA) is 63.0 Å². The van der Waals surface area contributed by atoms with Gasteiger partial charge in [0.05, 0.1) is 0 Å². The van der Waals surface area contributed by atoms with Crippen LogP contribution >= 0.6 is 0 Å². The first-order valence-electron chi connectivity index (χ1n) is 5.43. The monoisotopic (exact) mass is 206 g/mol. The van der Waals surface area contributed by atoms with Crippen molar-refractivity contribution in [3.05, 3.63) is 30.1 Å². The Morgan fingerprint density at radius 3 is 3.20 bits per heavy atom. The van der Waals surface area contributed by atoms with Gasteiger partial charge in [0.15, 0.2) is 0 Å². The van der Waals surface area contributed by atoms with Crippen LogP contribution < -0.4 is 16.4 Å². The number of aromatic nitrogens is 1. The normalized spacial score (nSPS) is 25.7. The van der Waals surface area contributed by atoms with Gasteiger partial charge in [-0.25, -0.2) is 0 Å². The van der Waals surface area contributed by atoms with Crippen molar-refractivity contribution in [3.63, 3.8) is 0 Å². The zero-order valence-electron chi connectivity index (χ0n) is 8.82. The summed E-state index contributed by atoms with van der Waals surface area (Å²) in [4.78, 5) is 4.09. The zero-order chi connectivity index (χ0) is 10.5. The fourth-order valence-electron chi connectivity index (χ4n) is 1.97. The lowest BCUT2D eigenvalue weighted by molar-refractivity contribution is 0.432. The molecule has 1 aliphatic rings. The van der Waals surface area contributed by atoms with Crippen molar-refractivity contribution in [1.82, 2.24) is 15.6 Å². The molecule has 4 N–H and O–H groups in total. The summed E-state index contributed by atoms with van der Waals surface area (Å²) in [6.07, 6.45) is 3.69. The van der Waals surface area contributed by atoms with Gasteiger partial charge in [0.25, 0.3) is 0 Å². The lowest BCUT2D eigenvalue weighted by Gasteiger charge is -2.18. The van der Waals surface area contributed by atoms with E-state index in [2.05, 4.69) is 21.7 Å². The van der Waals surface area contributed by atoms with Crippen molar-refractivity contribution in [3.8, 4) is 0 Å². The standard InChI is InChI=1S/C11H18N4/c12-4-10-7-14-8-11(10)15-6-9-2-1-3-13-5-9/h1-3,5,10-11,14-15H,4,6-8,12H2. The Bertz CT molecular complexity index is 288. The molecule has 1 fully saturated rings. The van der Waals surface area contributed by atoms with Crippen LogP contribution in [0.15, 0.2) is 24.5 Å². The molecule has 1 aromatic heterocycles. The van der Waals surface area contributed by atoms with Crippen LogP contribution in [0.25, 0.3) is 0 Å². The first-order valence-corrected chi connectivity index (χ1v) is 5.43. The Hall–Kier alpha value is -0.970. The number of hydrogen-bond donors (Lipinski definition) is 3. The fraction of sp³-hybridized carbons (Fsp3) is 0.545. The highest BCUT2D eigenvalue weighted by atomic mass is 15.0. The number of pyridine rings is 1. The average molecular weight is 206 g/mol. The van der Waals surface area contributed by atoms with Gasteiger partial charge in [-0.2, -0.15) is 0 Å². The molecule has 2 heterocycles. The molecule has 4 heteroatoms. The molecule has 2 rings (SSSR count). The molecular weight excluding hydrogens is 188 g/mol. The van der Waals surface area contributed by atoms with Gasteiger partial charge in [-0.05, 0) is 18.2 Å². The molecule has 4 nitrogen and oxygen atoms in total. The molecule has 1 saturated heterocycles. The summed E-state index contributed by atoms with van der Waals surface area (Å²) in [5, 5.41) is 6.87. The van der Waals surface area contributed by atoms with Crippen LogP contribution in [0, 0.1) is 5.92 Å².